The van der Waals surface area contributed by atoms with Gasteiger partial charge in [0.05, 0.1) is 18.2 Å². The first-order valence-corrected chi connectivity index (χ1v) is 8.59. The molecule has 3 N–H and O–H groups in total. The van der Waals surface area contributed by atoms with E-state index in [9.17, 15) is 18.0 Å². The predicted molar refractivity (Wildman–Crippen MR) is 73.7 cm³/mol. The summed E-state index contributed by atoms with van der Waals surface area (Å²) in [5.41, 5.74) is -0.674. The van der Waals surface area contributed by atoms with Crippen LogP contribution in [0.2, 0.25) is 0 Å². The van der Waals surface area contributed by atoms with E-state index in [0.29, 0.717) is 12.8 Å². The maximum Gasteiger partial charge on any atom is 0.305 e. The molecule has 0 aliphatic heterocycles. The third-order valence-electron chi connectivity index (χ3n) is 3.42. The summed E-state index contributed by atoms with van der Waals surface area (Å²) in [6, 6.07) is 0. The van der Waals surface area contributed by atoms with Crippen molar-refractivity contribution in [2.45, 2.75) is 50.5 Å². The zero-order valence-corrected chi connectivity index (χ0v) is 12.5. The molecule has 0 unspecified atom stereocenters. The first kappa shape index (κ1) is 16.9. The second-order valence-corrected chi connectivity index (χ2v) is 7.21. The molecule has 1 fully saturated rings. The fraction of sp³-hybridized carbons (Fsp3) is 0.833. The maximum atomic E-state index is 11.8. The lowest BCUT2D eigenvalue weighted by molar-refractivity contribution is -0.139. The minimum Gasteiger partial charge on any atom is -0.481 e. The largest absolute Gasteiger partial charge is 0.481 e. The highest BCUT2D eigenvalue weighted by atomic mass is 32.2. The molecule has 0 spiro atoms. The highest BCUT2D eigenvalue weighted by Crippen LogP contribution is 2.31. The molecule has 7 nitrogen and oxygen atoms in total. The van der Waals surface area contributed by atoms with Crippen LogP contribution in [-0.2, 0) is 19.6 Å². The van der Waals surface area contributed by atoms with Crippen LogP contribution in [0.5, 0.6) is 0 Å². The van der Waals surface area contributed by atoms with Crippen molar-refractivity contribution in [2.24, 2.45) is 0 Å². The van der Waals surface area contributed by atoms with Gasteiger partial charge >= 0.3 is 5.97 Å². The summed E-state index contributed by atoms with van der Waals surface area (Å²) in [5, 5.41) is 11.8. The number of carbonyl (C=O) groups is 2. The van der Waals surface area contributed by atoms with Gasteiger partial charge in [0.1, 0.15) is 0 Å². The van der Waals surface area contributed by atoms with Crippen LogP contribution in [0.4, 0.5) is 0 Å². The van der Waals surface area contributed by atoms with E-state index < -0.39 is 21.5 Å². The topological polar surface area (TPSA) is 113 Å². The average Bonchev–Trinajstić information content (AvgIpc) is 2.26. The van der Waals surface area contributed by atoms with Gasteiger partial charge in [0.2, 0.25) is 15.9 Å². The molecule has 8 heteroatoms. The molecular formula is C12H22N2O5S. The minimum atomic E-state index is -3.31. The van der Waals surface area contributed by atoms with Crippen molar-refractivity contribution in [3.8, 4) is 0 Å². The number of hydrogen-bond donors (Lipinski definition) is 3. The summed E-state index contributed by atoms with van der Waals surface area (Å²) in [6.07, 6.45) is 5.11. The van der Waals surface area contributed by atoms with Crippen molar-refractivity contribution in [1.82, 2.24) is 10.0 Å². The van der Waals surface area contributed by atoms with Gasteiger partial charge in [-0.3, -0.25) is 9.59 Å². The van der Waals surface area contributed by atoms with E-state index in [-0.39, 0.29) is 25.3 Å². The van der Waals surface area contributed by atoms with Gasteiger partial charge in [-0.15, -0.1) is 0 Å². The number of nitrogens with one attached hydrogen (secondary N) is 2. The zero-order valence-electron chi connectivity index (χ0n) is 11.6. The monoisotopic (exact) mass is 306 g/mol. The number of rotatable bonds is 7. The van der Waals surface area contributed by atoms with Crippen molar-refractivity contribution >= 4 is 21.9 Å². The number of hydrogen-bond acceptors (Lipinski definition) is 4. The Labute approximate surface area is 119 Å². The van der Waals surface area contributed by atoms with E-state index in [1.165, 1.54) is 0 Å². The number of aliphatic carboxylic acids is 1. The van der Waals surface area contributed by atoms with Gasteiger partial charge in [0, 0.05) is 13.0 Å². The number of amides is 1. The number of carbonyl (C=O) groups excluding carboxylic acids is 1. The number of sulfonamides is 1. The minimum absolute atomic E-state index is 0.00837. The fourth-order valence-corrected chi connectivity index (χ4v) is 3.05. The van der Waals surface area contributed by atoms with Gasteiger partial charge in [0.25, 0.3) is 0 Å². The van der Waals surface area contributed by atoms with Crippen molar-refractivity contribution < 1.29 is 23.1 Å². The van der Waals surface area contributed by atoms with E-state index in [0.717, 1.165) is 25.5 Å². The van der Waals surface area contributed by atoms with E-state index in [1.807, 2.05) is 0 Å². The average molecular weight is 306 g/mol. The van der Waals surface area contributed by atoms with Crippen LogP contribution in [0.25, 0.3) is 0 Å². The Bertz CT molecular complexity index is 454. The summed E-state index contributed by atoms with van der Waals surface area (Å²) in [6.45, 7) is 0.0216. The molecule has 0 aromatic rings. The van der Waals surface area contributed by atoms with Crippen LogP contribution < -0.4 is 10.0 Å². The van der Waals surface area contributed by atoms with Gasteiger partial charge < -0.3 is 10.4 Å². The maximum absolute atomic E-state index is 11.8. The second kappa shape index (κ2) is 7.03. The lowest BCUT2D eigenvalue weighted by atomic mass is 9.79. The Morgan fingerprint density at radius 3 is 2.30 bits per heavy atom. The summed E-state index contributed by atoms with van der Waals surface area (Å²) in [7, 11) is -3.31. The SMILES string of the molecule is CS(=O)(=O)NCCC(=O)NC1(CC(=O)O)CCCCC1. The lowest BCUT2D eigenvalue weighted by Gasteiger charge is -2.37. The highest BCUT2D eigenvalue weighted by molar-refractivity contribution is 7.88. The molecule has 1 amide bonds. The summed E-state index contributed by atoms with van der Waals surface area (Å²) in [5.74, 6) is -1.24. The number of carboxylic acid groups (broad SMARTS) is 1. The molecule has 1 rings (SSSR count). The Balaban J connectivity index is 2.52. The van der Waals surface area contributed by atoms with Crippen molar-refractivity contribution in [3.63, 3.8) is 0 Å². The molecule has 0 aromatic heterocycles. The molecule has 1 aliphatic rings. The van der Waals surface area contributed by atoms with Gasteiger partial charge in [-0.2, -0.15) is 0 Å². The van der Waals surface area contributed by atoms with Crippen LogP contribution in [-0.4, -0.2) is 43.7 Å². The predicted octanol–water partition coefficient (Wildman–Crippen LogP) is 0.220. The molecule has 0 heterocycles. The molecule has 0 saturated heterocycles. The highest BCUT2D eigenvalue weighted by Gasteiger charge is 2.35. The fourth-order valence-electron chi connectivity index (χ4n) is 2.57. The molecular weight excluding hydrogens is 284 g/mol. The molecule has 0 radical (unpaired) electrons. The molecule has 1 aliphatic carbocycles. The van der Waals surface area contributed by atoms with E-state index in [2.05, 4.69) is 10.0 Å². The number of carboxylic acids is 1. The molecule has 116 valence electrons. The smallest absolute Gasteiger partial charge is 0.305 e. The third kappa shape index (κ3) is 6.33. The van der Waals surface area contributed by atoms with Crippen LogP contribution in [0.3, 0.4) is 0 Å². The first-order valence-electron chi connectivity index (χ1n) is 6.70. The molecule has 0 aromatic carbocycles. The van der Waals surface area contributed by atoms with Crippen molar-refractivity contribution in [2.75, 3.05) is 12.8 Å². The van der Waals surface area contributed by atoms with Gasteiger partial charge in [-0.1, -0.05) is 19.3 Å². The van der Waals surface area contributed by atoms with Gasteiger partial charge in [-0.05, 0) is 12.8 Å². The lowest BCUT2D eigenvalue weighted by Crippen LogP contribution is -2.51. The van der Waals surface area contributed by atoms with Crippen molar-refractivity contribution in [3.05, 3.63) is 0 Å². The summed E-state index contributed by atoms with van der Waals surface area (Å²) < 4.78 is 24.0. The van der Waals surface area contributed by atoms with Gasteiger partial charge in [-0.25, -0.2) is 13.1 Å². The van der Waals surface area contributed by atoms with Crippen LogP contribution in [0, 0.1) is 0 Å². The molecule has 0 atom stereocenters. The third-order valence-corrected chi connectivity index (χ3v) is 4.15. The van der Waals surface area contributed by atoms with Crippen LogP contribution in [0.1, 0.15) is 44.9 Å². The van der Waals surface area contributed by atoms with Gasteiger partial charge in [0.15, 0.2) is 0 Å². The molecule has 20 heavy (non-hydrogen) atoms. The quantitative estimate of drug-likeness (QED) is 0.623. The van der Waals surface area contributed by atoms with E-state index >= 15 is 0 Å². The summed E-state index contributed by atoms with van der Waals surface area (Å²) >= 11 is 0. The van der Waals surface area contributed by atoms with Crippen molar-refractivity contribution in [1.29, 1.82) is 0 Å². The normalized spacial score (nSPS) is 18.4. The van der Waals surface area contributed by atoms with Crippen LogP contribution in [0.15, 0.2) is 0 Å². The Morgan fingerprint density at radius 2 is 1.80 bits per heavy atom. The molecule has 1 saturated carbocycles. The first-order chi connectivity index (χ1) is 9.22. The standard InChI is InChI=1S/C12H22N2O5S/c1-20(18,19)13-8-5-10(15)14-12(9-11(16)17)6-3-2-4-7-12/h13H,2-9H2,1H3,(H,14,15)(H,16,17). The molecule has 0 bridgehead atoms. The van der Waals surface area contributed by atoms with E-state index in [4.69, 9.17) is 5.11 Å². The summed E-state index contributed by atoms with van der Waals surface area (Å²) in [4.78, 5) is 22.8. The van der Waals surface area contributed by atoms with Crippen LogP contribution >= 0.6 is 0 Å². The second-order valence-electron chi connectivity index (χ2n) is 5.38. The van der Waals surface area contributed by atoms with E-state index in [1.54, 1.807) is 0 Å². The Kier molecular flexibility index (Phi) is 5.94. The zero-order chi connectivity index (χ0) is 15.2. The Hall–Kier alpha value is -1.15. The Morgan fingerprint density at radius 1 is 1.20 bits per heavy atom.